The van der Waals surface area contributed by atoms with E-state index < -0.39 is 0 Å². The van der Waals surface area contributed by atoms with Crippen LogP contribution in [0.15, 0.2) is 26.9 Å². The zero-order chi connectivity index (χ0) is 20.5. The molecule has 2 aromatic rings. The predicted octanol–water partition coefficient (Wildman–Crippen LogP) is 3.74. The van der Waals surface area contributed by atoms with Crippen LogP contribution in [-0.2, 0) is 9.59 Å². The Bertz CT molecular complexity index is 810. The third-order valence-electron chi connectivity index (χ3n) is 4.02. The largest absolute Gasteiger partial charge is 0.355 e. The average Bonchev–Trinajstić information content (AvgIpc) is 3.13. The Morgan fingerprint density at radius 1 is 1.07 bits per heavy atom. The van der Waals surface area contributed by atoms with Crippen LogP contribution in [0.5, 0.6) is 0 Å². The molecular formula is C19H26N4O2S3. The molecule has 2 N–H and O–H groups in total. The number of nitrogens with one attached hydrogen (secondary N) is 2. The molecule has 1 heterocycles. The minimum absolute atomic E-state index is 0.00374. The van der Waals surface area contributed by atoms with Gasteiger partial charge in [-0.3, -0.25) is 9.59 Å². The minimum Gasteiger partial charge on any atom is -0.355 e. The van der Waals surface area contributed by atoms with Crippen molar-refractivity contribution in [3.8, 4) is 0 Å². The van der Waals surface area contributed by atoms with Gasteiger partial charge in [0.25, 0.3) is 0 Å². The van der Waals surface area contributed by atoms with Gasteiger partial charge >= 0.3 is 0 Å². The molecule has 0 saturated carbocycles. The van der Waals surface area contributed by atoms with Crippen LogP contribution in [0.2, 0.25) is 0 Å². The predicted molar refractivity (Wildman–Crippen MR) is 117 cm³/mol. The van der Waals surface area contributed by atoms with Crippen molar-refractivity contribution in [2.75, 3.05) is 18.1 Å². The van der Waals surface area contributed by atoms with Gasteiger partial charge in [-0.2, -0.15) is 0 Å². The molecule has 6 nitrogen and oxygen atoms in total. The van der Waals surface area contributed by atoms with Crippen molar-refractivity contribution in [1.82, 2.24) is 20.8 Å². The third-order valence-corrected chi connectivity index (χ3v) is 7.21. The summed E-state index contributed by atoms with van der Waals surface area (Å²) in [7, 11) is 0. The first kappa shape index (κ1) is 22.7. The fourth-order valence-corrected chi connectivity index (χ4v) is 4.95. The van der Waals surface area contributed by atoms with Crippen LogP contribution in [0.3, 0.4) is 0 Å². The number of hydrogen-bond donors (Lipinski definition) is 2. The van der Waals surface area contributed by atoms with E-state index in [0.717, 1.165) is 20.7 Å². The highest BCUT2D eigenvalue weighted by Crippen LogP contribution is 2.28. The van der Waals surface area contributed by atoms with Crippen molar-refractivity contribution in [3.05, 3.63) is 34.9 Å². The molecule has 1 aromatic heterocycles. The van der Waals surface area contributed by atoms with Gasteiger partial charge in [-0.15, -0.1) is 10.2 Å². The van der Waals surface area contributed by atoms with Crippen LogP contribution in [-0.4, -0.2) is 40.1 Å². The van der Waals surface area contributed by atoms with Crippen LogP contribution in [0.4, 0.5) is 0 Å². The first-order valence-corrected chi connectivity index (χ1v) is 11.9. The van der Waals surface area contributed by atoms with E-state index in [1.54, 1.807) is 0 Å². The highest BCUT2D eigenvalue weighted by molar-refractivity contribution is 8.03. The summed E-state index contributed by atoms with van der Waals surface area (Å²) < 4.78 is 1.46. The summed E-state index contributed by atoms with van der Waals surface area (Å²) in [5, 5.41) is 14.0. The first-order chi connectivity index (χ1) is 13.4. The van der Waals surface area contributed by atoms with Crippen molar-refractivity contribution in [3.63, 3.8) is 0 Å². The number of aromatic nitrogens is 2. The Balaban J connectivity index is 1.76. The number of benzene rings is 1. The molecule has 1 unspecified atom stereocenters. The molecule has 28 heavy (non-hydrogen) atoms. The number of thioether (sulfide) groups is 2. The maximum Gasteiger partial charge on any atom is 0.230 e. The summed E-state index contributed by atoms with van der Waals surface area (Å²) in [6.07, 6.45) is 0.917. The molecule has 0 aliphatic carbocycles. The van der Waals surface area contributed by atoms with Crippen LogP contribution < -0.4 is 10.6 Å². The van der Waals surface area contributed by atoms with Gasteiger partial charge in [0.15, 0.2) is 8.68 Å². The van der Waals surface area contributed by atoms with Gasteiger partial charge in [0, 0.05) is 6.54 Å². The van der Waals surface area contributed by atoms with Crippen molar-refractivity contribution in [2.24, 2.45) is 0 Å². The zero-order valence-corrected chi connectivity index (χ0v) is 19.0. The molecule has 2 rings (SSSR count). The van der Waals surface area contributed by atoms with Crippen molar-refractivity contribution < 1.29 is 9.59 Å². The van der Waals surface area contributed by atoms with Gasteiger partial charge < -0.3 is 10.6 Å². The molecule has 0 saturated heterocycles. The van der Waals surface area contributed by atoms with E-state index in [-0.39, 0.29) is 23.6 Å². The van der Waals surface area contributed by atoms with Gasteiger partial charge in [-0.25, -0.2) is 0 Å². The van der Waals surface area contributed by atoms with E-state index >= 15 is 0 Å². The molecule has 2 amide bonds. The van der Waals surface area contributed by atoms with Gasteiger partial charge in [0.1, 0.15) is 0 Å². The fourth-order valence-electron chi connectivity index (χ4n) is 2.28. The summed E-state index contributed by atoms with van der Waals surface area (Å²) in [6.45, 7) is 8.83. The number of carbonyl (C=O) groups is 2. The minimum atomic E-state index is -0.0467. The second-order valence-electron chi connectivity index (χ2n) is 6.39. The lowest BCUT2D eigenvalue weighted by Gasteiger charge is -2.15. The third kappa shape index (κ3) is 7.44. The molecule has 0 aliphatic heterocycles. The Morgan fingerprint density at radius 3 is 2.32 bits per heavy atom. The summed E-state index contributed by atoms with van der Waals surface area (Å²) >= 11 is 4.13. The van der Waals surface area contributed by atoms with Gasteiger partial charge in [0.2, 0.25) is 11.8 Å². The van der Waals surface area contributed by atoms with Crippen LogP contribution in [0, 0.1) is 13.8 Å². The normalized spacial score (nSPS) is 11.9. The van der Waals surface area contributed by atoms with Crippen molar-refractivity contribution >= 4 is 46.7 Å². The lowest BCUT2D eigenvalue weighted by atomic mass is 10.0. The summed E-state index contributed by atoms with van der Waals surface area (Å²) in [6, 6.07) is 6.18. The number of carbonyl (C=O) groups excluding carboxylic acids is 2. The second-order valence-corrected chi connectivity index (χ2v) is 9.82. The number of amides is 2. The molecule has 0 bridgehead atoms. The molecular weight excluding hydrogens is 412 g/mol. The molecule has 152 valence electrons. The molecule has 0 spiro atoms. The van der Waals surface area contributed by atoms with Gasteiger partial charge in [0.05, 0.1) is 17.5 Å². The van der Waals surface area contributed by atoms with E-state index in [1.807, 2.05) is 19.9 Å². The number of rotatable bonds is 10. The lowest BCUT2D eigenvalue weighted by Crippen LogP contribution is -2.28. The summed E-state index contributed by atoms with van der Waals surface area (Å²) in [4.78, 5) is 23.9. The molecule has 9 heteroatoms. The average molecular weight is 439 g/mol. The first-order valence-electron chi connectivity index (χ1n) is 9.11. The maximum absolute atomic E-state index is 12.2. The van der Waals surface area contributed by atoms with Crippen LogP contribution in [0.1, 0.15) is 43.0 Å². The van der Waals surface area contributed by atoms with E-state index in [1.165, 1.54) is 46.0 Å². The Hall–Kier alpha value is -1.58. The highest BCUT2D eigenvalue weighted by Gasteiger charge is 2.13. The van der Waals surface area contributed by atoms with E-state index in [4.69, 9.17) is 0 Å². The van der Waals surface area contributed by atoms with Gasteiger partial charge in [-0.05, 0) is 43.9 Å². The monoisotopic (exact) mass is 438 g/mol. The van der Waals surface area contributed by atoms with Gasteiger partial charge in [-0.1, -0.05) is 60.0 Å². The molecule has 1 atom stereocenters. The smallest absolute Gasteiger partial charge is 0.230 e. The van der Waals surface area contributed by atoms with E-state index in [2.05, 4.69) is 46.8 Å². The van der Waals surface area contributed by atoms with Crippen LogP contribution in [0.25, 0.3) is 0 Å². The van der Waals surface area contributed by atoms with E-state index in [0.29, 0.717) is 12.3 Å². The Kier molecular flexibility index (Phi) is 9.27. The highest BCUT2D eigenvalue weighted by atomic mass is 32.2. The standard InChI is InChI=1S/C19H26N4O2S3/c1-5-8-20-16(24)10-26-18-22-23-19(28-18)27-11-17(25)21-14(4)15-7-6-12(2)13(3)9-15/h6-7,9,14H,5,8,10-11H2,1-4H3,(H,20,24)(H,21,25). The summed E-state index contributed by atoms with van der Waals surface area (Å²) in [5.74, 6) is 0.564. The SMILES string of the molecule is CCCNC(=O)CSc1nnc(SCC(=O)NC(C)c2ccc(C)c(C)c2)s1. The van der Waals surface area contributed by atoms with Crippen molar-refractivity contribution in [2.45, 2.75) is 48.8 Å². The topological polar surface area (TPSA) is 84.0 Å². The van der Waals surface area contributed by atoms with Crippen molar-refractivity contribution in [1.29, 1.82) is 0 Å². The number of aryl methyl sites for hydroxylation is 2. The molecule has 0 radical (unpaired) electrons. The second kappa shape index (κ2) is 11.4. The lowest BCUT2D eigenvalue weighted by molar-refractivity contribution is -0.119. The quantitative estimate of drug-likeness (QED) is 0.550. The maximum atomic E-state index is 12.2. The number of nitrogens with zero attached hydrogens (tertiary/aromatic N) is 2. The summed E-state index contributed by atoms with van der Waals surface area (Å²) in [5.41, 5.74) is 3.55. The van der Waals surface area contributed by atoms with E-state index in [9.17, 15) is 9.59 Å². The number of hydrogen-bond acceptors (Lipinski definition) is 7. The Morgan fingerprint density at radius 2 is 1.71 bits per heavy atom. The van der Waals surface area contributed by atoms with Crippen LogP contribution >= 0.6 is 34.9 Å². The molecule has 0 fully saturated rings. The zero-order valence-electron chi connectivity index (χ0n) is 16.6. The molecule has 1 aromatic carbocycles. The Labute approximate surface area is 178 Å². The molecule has 0 aliphatic rings. The fraction of sp³-hybridized carbons (Fsp3) is 0.474.